The zero-order valence-corrected chi connectivity index (χ0v) is 12.7. The normalized spacial score (nSPS) is 15.3. The molecule has 0 aromatic heterocycles. The van der Waals surface area contributed by atoms with E-state index in [1.807, 2.05) is 0 Å². The van der Waals surface area contributed by atoms with Gasteiger partial charge in [0.05, 0.1) is 7.11 Å². The Morgan fingerprint density at radius 3 is 2.39 bits per heavy atom. The van der Waals surface area contributed by atoms with E-state index in [0.29, 0.717) is 5.56 Å². The maximum Gasteiger partial charge on any atom is 0.199 e. The van der Waals surface area contributed by atoms with Crippen LogP contribution in [0.1, 0.15) is 40.4 Å². The summed E-state index contributed by atoms with van der Waals surface area (Å²) in [5.41, 5.74) is 6.43. The van der Waals surface area contributed by atoms with Gasteiger partial charge in [-0.25, -0.2) is 8.78 Å². The fraction of sp³-hybridized carbons (Fsp3) is 0.278. The zero-order valence-electron chi connectivity index (χ0n) is 12.7. The number of methoxy groups -OCH3 is 1. The van der Waals surface area contributed by atoms with Gasteiger partial charge in [0.25, 0.3) is 0 Å². The Morgan fingerprint density at radius 2 is 1.83 bits per heavy atom. The fourth-order valence-electron chi connectivity index (χ4n) is 2.67. The molecular formula is C18H17F2NO2. The molecule has 3 rings (SSSR count). The van der Waals surface area contributed by atoms with E-state index in [-0.39, 0.29) is 22.8 Å². The summed E-state index contributed by atoms with van der Waals surface area (Å²) in [5, 5.41) is 0. The van der Waals surface area contributed by atoms with Crippen molar-refractivity contribution in [1.82, 2.24) is 0 Å². The van der Waals surface area contributed by atoms with Gasteiger partial charge in [0, 0.05) is 17.2 Å². The highest BCUT2D eigenvalue weighted by Gasteiger charge is 2.33. The number of hydrogen-bond donors (Lipinski definition) is 1. The Labute approximate surface area is 133 Å². The number of ether oxygens (including phenoxy) is 1. The molecule has 1 aliphatic carbocycles. The van der Waals surface area contributed by atoms with Crippen LogP contribution in [0.25, 0.3) is 0 Å². The van der Waals surface area contributed by atoms with E-state index < -0.39 is 23.5 Å². The first-order valence-electron chi connectivity index (χ1n) is 7.45. The van der Waals surface area contributed by atoms with E-state index >= 15 is 0 Å². The van der Waals surface area contributed by atoms with Crippen molar-refractivity contribution in [1.29, 1.82) is 0 Å². The van der Waals surface area contributed by atoms with Gasteiger partial charge in [-0.05, 0) is 49.1 Å². The number of halogens is 2. The van der Waals surface area contributed by atoms with Crippen molar-refractivity contribution in [2.45, 2.75) is 18.9 Å². The second-order valence-electron chi connectivity index (χ2n) is 5.75. The second kappa shape index (κ2) is 6.08. The summed E-state index contributed by atoms with van der Waals surface area (Å²) in [6.07, 6.45) is 1.93. The molecule has 3 nitrogen and oxygen atoms in total. The molecule has 0 unspecified atom stereocenters. The van der Waals surface area contributed by atoms with E-state index in [1.54, 1.807) is 12.1 Å². The van der Waals surface area contributed by atoms with Crippen LogP contribution >= 0.6 is 0 Å². The lowest BCUT2D eigenvalue weighted by molar-refractivity contribution is 0.103. The SMILES string of the molecule is COc1ccc([C@H](N)C2CC2)c(F)c1C(=O)c1ccc(F)cc1. The first-order chi connectivity index (χ1) is 11.0. The monoisotopic (exact) mass is 317 g/mol. The maximum absolute atomic E-state index is 14.9. The van der Waals surface area contributed by atoms with E-state index in [1.165, 1.54) is 19.2 Å². The van der Waals surface area contributed by atoms with E-state index in [2.05, 4.69) is 0 Å². The predicted octanol–water partition coefficient (Wildman–Crippen LogP) is 3.61. The summed E-state index contributed by atoms with van der Waals surface area (Å²) in [4.78, 5) is 12.6. The standard InChI is InChI=1S/C18H17F2NO2/c1-23-14-9-8-13(17(21)10-2-3-10)16(20)15(14)18(22)11-4-6-12(19)7-5-11/h4-10,17H,2-3,21H2,1H3/t17-/m1/s1. The van der Waals surface area contributed by atoms with Gasteiger partial charge in [-0.3, -0.25) is 4.79 Å². The fourth-order valence-corrected chi connectivity index (χ4v) is 2.67. The third-order valence-electron chi connectivity index (χ3n) is 4.18. The van der Waals surface area contributed by atoms with Gasteiger partial charge in [-0.1, -0.05) is 6.07 Å². The van der Waals surface area contributed by atoms with Gasteiger partial charge in [0.2, 0.25) is 0 Å². The van der Waals surface area contributed by atoms with Crippen LogP contribution in [0.15, 0.2) is 36.4 Å². The molecule has 5 heteroatoms. The lowest BCUT2D eigenvalue weighted by atomic mass is 9.95. The van der Waals surface area contributed by atoms with Crippen LogP contribution in [0.3, 0.4) is 0 Å². The molecule has 0 radical (unpaired) electrons. The molecule has 2 N–H and O–H groups in total. The van der Waals surface area contributed by atoms with Gasteiger partial charge < -0.3 is 10.5 Å². The molecule has 0 saturated heterocycles. The molecule has 23 heavy (non-hydrogen) atoms. The highest BCUT2D eigenvalue weighted by molar-refractivity contribution is 6.11. The number of benzene rings is 2. The number of carbonyl (C=O) groups is 1. The molecule has 1 atom stereocenters. The number of rotatable bonds is 5. The van der Waals surface area contributed by atoms with Crippen LogP contribution in [0.4, 0.5) is 8.78 Å². The van der Waals surface area contributed by atoms with Crippen molar-refractivity contribution < 1.29 is 18.3 Å². The van der Waals surface area contributed by atoms with Gasteiger partial charge in [0.15, 0.2) is 5.78 Å². The van der Waals surface area contributed by atoms with Gasteiger partial charge in [-0.2, -0.15) is 0 Å². The lowest BCUT2D eigenvalue weighted by Gasteiger charge is -2.16. The topological polar surface area (TPSA) is 52.3 Å². The summed E-state index contributed by atoms with van der Waals surface area (Å²) < 4.78 is 33.1. The largest absolute Gasteiger partial charge is 0.496 e. The molecule has 1 aliphatic rings. The zero-order chi connectivity index (χ0) is 16.6. The Balaban J connectivity index is 2.06. The summed E-state index contributed by atoms with van der Waals surface area (Å²) in [6, 6.07) is 7.67. The van der Waals surface area contributed by atoms with Crippen LogP contribution in [0, 0.1) is 17.6 Å². The van der Waals surface area contributed by atoms with Crippen molar-refractivity contribution >= 4 is 5.78 Å². The van der Waals surface area contributed by atoms with Crippen LogP contribution in [-0.4, -0.2) is 12.9 Å². The molecule has 0 amide bonds. The smallest absolute Gasteiger partial charge is 0.199 e. The lowest BCUT2D eigenvalue weighted by Crippen LogP contribution is -2.17. The molecule has 1 saturated carbocycles. The van der Waals surface area contributed by atoms with Crippen LogP contribution in [0.5, 0.6) is 5.75 Å². The molecule has 0 aliphatic heterocycles. The molecular weight excluding hydrogens is 300 g/mol. The minimum absolute atomic E-state index is 0.142. The maximum atomic E-state index is 14.9. The average molecular weight is 317 g/mol. The quantitative estimate of drug-likeness (QED) is 0.857. The van der Waals surface area contributed by atoms with Crippen molar-refractivity contribution in [3.8, 4) is 5.75 Å². The summed E-state index contributed by atoms with van der Waals surface area (Å²) in [5.74, 6) is -1.27. The third kappa shape index (κ3) is 2.97. The number of nitrogens with two attached hydrogens (primary N) is 1. The first-order valence-corrected chi connectivity index (χ1v) is 7.45. The summed E-state index contributed by atoms with van der Waals surface area (Å²) in [7, 11) is 1.37. The summed E-state index contributed by atoms with van der Waals surface area (Å²) >= 11 is 0. The Bertz CT molecular complexity index is 739. The van der Waals surface area contributed by atoms with E-state index in [0.717, 1.165) is 25.0 Å². The van der Waals surface area contributed by atoms with Gasteiger partial charge in [0.1, 0.15) is 22.9 Å². The highest BCUT2D eigenvalue weighted by Crippen LogP contribution is 2.41. The minimum Gasteiger partial charge on any atom is -0.496 e. The van der Waals surface area contributed by atoms with Gasteiger partial charge in [-0.15, -0.1) is 0 Å². The van der Waals surface area contributed by atoms with Crippen LogP contribution in [0.2, 0.25) is 0 Å². The molecule has 1 fully saturated rings. The van der Waals surface area contributed by atoms with Crippen molar-refractivity contribution in [3.63, 3.8) is 0 Å². The summed E-state index contributed by atoms with van der Waals surface area (Å²) in [6.45, 7) is 0. The van der Waals surface area contributed by atoms with Gasteiger partial charge >= 0.3 is 0 Å². The Hall–Kier alpha value is -2.27. The highest BCUT2D eigenvalue weighted by atomic mass is 19.1. The number of carbonyl (C=O) groups excluding carboxylic acids is 1. The number of ketones is 1. The average Bonchev–Trinajstić information content (AvgIpc) is 3.39. The molecule has 0 heterocycles. The Kier molecular flexibility index (Phi) is 4.13. The molecule has 2 aromatic rings. The molecule has 2 aromatic carbocycles. The molecule has 120 valence electrons. The van der Waals surface area contributed by atoms with Crippen molar-refractivity contribution in [3.05, 3.63) is 64.7 Å². The predicted molar refractivity (Wildman–Crippen MR) is 82.4 cm³/mol. The number of hydrogen-bond acceptors (Lipinski definition) is 3. The van der Waals surface area contributed by atoms with E-state index in [4.69, 9.17) is 10.5 Å². The third-order valence-corrected chi connectivity index (χ3v) is 4.18. The van der Waals surface area contributed by atoms with Crippen LogP contribution in [-0.2, 0) is 0 Å². The Morgan fingerprint density at radius 1 is 1.17 bits per heavy atom. The molecule has 0 bridgehead atoms. The van der Waals surface area contributed by atoms with Crippen molar-refractivity contribution in [2.75, 3.05) is 7.11 Å². The second-order valence-corrected chi connectivity index (χ2v) is 5.75. The van der Waals surface area contributed by atoms with Crippen LogP contribution < -0.4 is 10.5 Å². The molecule has 0 spiro atoms. The first kappa shape index (κ1) is 15.6. The minimum atomic E-state index is -0.655. The van der Waals surface area contributed by atoms with Crippen molar-refractivity contribution in [2.24, 2.45) is 11.7 Å². The van der Waals surface area contributed by atoms with E-state index in [9.17, 15) is 13.6 Å².